The van der Waals surface area contributed by atoms with Gasteiger partial charge < -0.3 is 9.58 Å². The molecule has 0 radical (unpaired) electrons. The second-order valence-corrected chi connectivity index (χ2v) is 3.22. The minimum absolute atomic E-state index is 0.172. The Labute approximate surface area is 73.5 Å². The molecule has 0 bridgehead atoms. The summed E-state index contributed by atoms with van der Waals surface area (Å²) >= 11 is 0. The first-order chi connectivity index (χ1) is 5.56. The Morgan fingerprint density at radius 3 is 2.50 bits per heavy atom. The number of nitrogens with zero attached hydrogens (tertiary/aromatic N) is 1. The summed E-state index contributed by atoms with van der Waals surface area (Å²) in [6.45, 7) is 12.5. The molecule has 0 aliphatic rings. The predicted molar refractivity (Wildman–Crippen MR) is 46.5 cm³/mol. The van der Waals surface area contributed by atoms with Crippen molar-refractivity contribution in [2.24, 2.45) is 5.92 Å². The zero-order valence-corrected chi connectivity index (χ0v) is 7.83. The minimum Gasteiger partial charge on any atom is -0.458 e. The van der Waals surface area contributed by atoms with E-state index in [9.17, 15) is 4.79 Å². The van der Waals surface area contributed by atoms with Gasteiger partial charge in [0.15, 0.2) is 6.61 Å². The van der Waals surface area contributed by atoms with Gasteiger partial charge in [0.1, 0.15) is 0 Å². The monoisotopic (exact) mass is 169 g/mol. The second-order valence-electron chi connectivity index (χ2n) is 3.22. The van der Waals surface area contributed by atoms with E-state index >= 15 is 0 Å². The molecule has 0 spiro atoms. The van der Waals surface area contributed by atoms with Crippen molar-refractivity contribution in [1.29, 1.82) is 0 Å². The fourth-order valence-electron chi connectivity index (χ4n) is 0.916. The van der Waals surface area contributed by atoms with Crippen LogP contribution < -0.4 is 0 Å². The predicted octanol–water partition coefficient (Wildman–Crippen LogP) is 1.88. The lowest BCUT2D eigenvalue weighted by Crippen LogP contribution is -2.16. The summed E-state index contributed by atoms with van der Waals surface area (Å²) in [5, 5.41) is 0. The topological polar surface area (TPSA) is 30.7 Å². The van der Waals surface area contributed by atoms with Crippen LogP contribution in [-0.2, 0) is 9.53 Å². The molecule has 0 N–H and O–H groups in total. The van der Waals surface area contributed by atoms with Gasteiger partial charge in [-0.25, -0.2) is 6.57 Å². The summed E-state index contributed by atoms with van der Waals surface area (Å²) in [6.07, 6.45) is 0.788. The van der Waals surface area contributed by atoms with Gasteiger partial charge in [0.2, 0.25) is 0 Å². The number of carbonyl (C=O) groups excluding carboxylic acids is 1. The molecule has 0 fully saturated rings. The maximum Gasteiger partial charge on any atom is 0.302 e. The maximum atomic E-state index is 10.4. The molecule has 0 aromatic heterocycles. The quantitative estimate of drug-likeness (QED) is 0.475. The first-order valence-corrected chi connectivity index (χ1v) is 4.06. The molecule has 0 aliphatic carbocycles. The highest BCUT2D eigenvalue weighted by Gasteiger charge is 2.15. The molecule has 0 aliphatic heterocycles. The Hall–Kier alpha value is -1.04. The number of ether oxygens (including phenoxy) is 1. The second kappa shape index (κ2) is 5.59. The number of hydrogen-bond donors (Lipinski definition) is 0. The highest BCUT2D eigenvalue weighted by atomic mass is 16.5. The lowest BCUT2D eigenvalue weighted by molar-refractivity contribution is -0.141. The van der Waals surface area contributed by atoms with Crippen molar-refractivity contribution in [1.82, 2.24) is 0 Å². The molecule has 0 aromatic rings. The zero-order chi connectivity index (χ0) is 9.56. The van der Waals surface area contributed by atoms with Gasteiger partial charge in [-0.1, -0.05) is 13.8 Å². The highest BCUT2D eigenvalue weighted by Crippen LogP contribution is 2.08. The third-order valence-corrected chi connectivity index (χ3v) is 1.41. The van der Waals surface area contributed by atoms with Gasteiger partial charge >= 0.3 is 5.97 Å². The Bertz CT molecular complexity index is 181. The highest BCUT2D eigenvalue weighted by molar-refractivity contribution is 5.65. The molecule has 0 rings (SSSR count). The van der Waals surface area contributed by atoms with Crippen LogP contribution >= 0.6 is 0 Å². The van der Waals surface area contributed by atoms with Crippen LogP contribution in [0.1, 0.15) is 27.2 Å². The van der Waals surface area contributed by atoms with Crippen LogP contribution in [0.3, 0.4) is 0 Å². The molecular formula is C9H15NO2. The summed E-state index contributed by atoms with van der Waals surface area (Å²) in [4.78, 5) is 13.8. The van der Waals surface area contributed by atoms with E-state index in [1.165, 1.54) is 6.92 Å². The lowest BCUT2D eigenvalue weighted by atomic mass is 10.1. The van der Waals surface area contributed by atoms with Crippen molar-refractivity contribution >= 4 is 5.97 Å². The van der Waals surface area contributed by atoms with E-state index in [0.29, 0.717) is 5.92 Å². The standard InChI is InChI=1S/C9H15NO2/c1-7(2)5-9(10-4)6-12-8(3)11/h7,9H,5-6H2,1-3H3/t9-/m1/s1. The molecule has 0 amide bonds. The van der Waals surface area contributed by atoms with Crippen LogP contribution in [-0.4, -0.2) is 18.6 Å². The normalized spacial score (nSPS) is 12.2. The van der Waals surface area contributed by atoms with Crippen LogP contribution in [0.15, 0.2) is 0 Å². The fraction of sp³-hybridized carbons (Fsp3) is 0.778. The van der Waals surface area contributed by atoms with Gasteiger partial charge in [-0.3, -0.25) is 4.79 Å². The average molecular weight is 169 g/mol. The van der Waals surface area contributed by atoms with Gasteiger partial charge in [-0.05, 0) is 5.92 Å². The molecule has 12 heavy (non-hydrogen) atoms. The summed E-state index contributed by atoms with van der Waals surface area (Å²) in [7, 11) is 0. The molecule has 3 nitrogen and oxygen atoms in total. The van der Waals surface area contributed by atoms with Crippen LogP contribution in [0.5, 0.6) is 0 Å². The number of rotatable bonds is 4. The van der Waals surface area contributed by atoms with E-state index in [-0.39, 0.29) is 18.6 Å². The van der Waals surface area contributed by atoms with Gasteiger partial charge in [0.05, 0.1) is 0 Å². The molecular weight excluding hydrogens is 154 g/mol. The van der Waals surface area contributed by atoms with Crippen molar-refractivity contribution in [3.8, 4) is 0 Å². The smallest absolute Gasteiger partial charge is 0.302 e. The number of carbonyl (C=O) groups is 1. The fourth-order valence-corrected chi connectivity index (χ4v) is 0.916. The van der Waals surface area contributed by atoms with Gasteiger partial charge in [0, 0.05) is 13.3 Å². The summed E-state index contributed by atoms with van der Waals surface area (Å²) in [5.74, 6) is 0.159. The van der Waals surface area contributed by atoms with Crippen LogP contribution in [0.25, 0.3) is 4.85 Å². The van der Waals surface area contributed by atoms with E-state index in [1.54, 1.807) is 0 Å². The largest absolute Gasteiger partial charge is 0.458 e. The SMILES string of the molecule is [C-]#[N+][C@@H](COC(C)=O)CC(C)C. The first-order valence-electron chi connectivity index (χ1n) is 4.06. The van der Waals surface area contributed by atoms with Crippen molar-refractivity contribution in [3.63, 3.8) is 0 Å². The Morgan fingerprint density at radius 2 is 2.17 bits per heavy atom. The van der Waals surface area contributed by atoms with Gasteiger partial charge in [0.25, 0.3) is 6.04 Å². The van der Waals surface area contributed by atoms with Crippen molar-refractivity contribution in [2.45, 2.75) is 33.2 Å². The molecule has 1 atom stereocenters. The van der Waals surface area contributed by atoms with E-state index in [2.05, 4.69) is 4.85 Å². The summed E-state index contributed by atoms with van der Waals surface area (Å²) in [6, 6.07) is -0.172. The van der Waals surface area contributed by atoms with Crippen molar-refractivity contribution < 1.29 is 9.53 Å². The van der Waals surface area contributed by atoms with Crippen LogP contribution in [0, 0.1) is 12.5 Å². The molecule has 0 heterocycles. The molecule has 0 aromatic carbocycles. The number of hydrogen-bond acceptors (Lipinski definition) is 2. The molecule has 0 saturated heterocycles. The van der Waals surface area contributed by atoms with Gasteiger partial charge in [-0.15, -0.1) is 0 Å². The minimum atomic E-state index is -0.313. The lowest BCUT2D eigenvalue weighted by Gasteiger charge is -2.07. The Balaban J connectivity index is 3.70. The average Bonchev–Trinajstić information content (AvgIpc) is 1.97. The van der Waals surface area contributed by atoms with E-state index in [4.69, 9.17) is 11.3 Å². The molecule has 0 saturated carbocycles. The first kappa shape index (κ1) is 11.0. The molecule has 3 heteroatoms. The number of esters is 1. The molecule has 68 valence electrons. The third-order valence-electron chi connectivity index (χ3n) is 1.41. The van der Waals surface area contributed by atoms with E-state index in [1.807, 2.05) is 13.8 Å². The van der Waals surface area contributed by atoms with E-state index in [0.717, 1.165) is 6.42 Å². The molecule has 0 unspecified atom stereocenters. The Morgan fingerprint density at radius 1 is 1.58 bits per heavy atom. The Kier molecular flexibility index (Phi) is 5.11. The van der Waals surface area contributed by atoms with Crippen LogP contribution in [0.2, 0.25) is 0 Å². The van der Waals surface area contributed by atoms with E-state index < -0.39 is 0 Å². The summed E-state index contributed by atoms with van der Waals surface area (Å²) < 4.78 is 4.74. The van der Waals surface area contributed by atoms with Gasteiger partial charge in [-0.2, -0.15) is 0 Å². The zero-order valence-electron chi connectivity index (χ0n) is 7.83. The summed E-state index contributed by atoms with van der Waals surface area (Å²) in [5.41, 5.74) is 0. The van der Waals surface area contributed by atoms with Crippen LogP contribution in [0.4, 0.5) is 0 Å². The maximum absolute atomic E-state index is 10.4. The van der Waals surface area contributed by atoms with Crippen molar-refractivity contribution in [3.05, 3.63) is 11.4 Å². The van der Waals surface area contributed by atoms with Crippen molar-refractivity contribution in [2.75, 3.05) is 6.61 Å². The third kappa shape index (κ3) is 5.72.